The molecule has 3 N–H and O–H groups in total. The topological polar surface area (TPSA) is 108 Å². The molecule has 168 valence electrons. The second-order valence-corrected chi connectivity index (χ2v) is 8.48. The Morgan fingerprint density at radius 3 is 2.38 bits per heavy atom. The van der Waals surface area contributed by atoms with Crippen LogP contribution < -0.4 is 14.8 Å². The van der Waals surface area contributed by atoms with E-state index >= 15 is 0 Å². The lowest BCUT2D eigenvalue weighted by Gasteiger charge is -2.14. The monoisotopic (exact) mass is 474 g/mol. The summed E-state index contributed by atoms with van der Waals surface area (Å²) in [6.45, 7) is 0.313. The maximum absolute atomic E-state index is 12.8. The van der Waals surface area contributed by atoms with Gasteiger partial charge in [0, 0.05) is 18.7 Å². The van der Waals surface area contributed by atoms with E-state index in [1.54, 1.807) is 30.3 Å². The summed E-state index contributed by atoms with van der Waals surface area (Å²) in [5.41, 5.74) is 1.20. The van der Waals surface area contributed by atoms with Crippen LogP contribution in [0, 0.1) is 0 Å². The molecule has 0 spiro atoms. The summed E-state index contributed by atoms with van der Waals surface area (Å²) in [4.78, 5) is 26.8. The number of benzene rings is 2. The molecule has 0 atom stereocenters. The molecular weight excluding hydrogens is 452 g/mol. The third kappa shape index (κ3) is 5.51. The van der Waals surface area contributed by atoms with Crippen LogP contribution in [0.4, 0.5) is 5.69 Å². The molecule has 2 amide bonds. The fourth-order valence-electron chi connectivity index (χ4n) is 3.01. The molecule has 2 aromatic rings. The van der Waals surface area contributed by atoms with Crippen LogP contribution in [-0.2, 0) is 9.59 Å². The zero-order valence-electron chi connectivity index (χ0n) is 17.5. The largest absolute Gasteiger partial charge is 0.508 e. The SMILES string of the molecule is COc1cc(/C=C2\SC(=S)N(CCCC(=O)Nc3ccc(O)cc3)C2=O)cc(OC)c1O. The summed E-state index contributed by atoms with van der Waals surface area (Å²) in [6.07, 6.45) is 2.30. The van der Waals surface area contributed by atoms with E-state index in [1.165, 1.54) is 43.0 Å². The number of thioether (sulfide) groups is 1. The number of phenols is 2. The number of ether oxygens (including phenoxy) is 2. The van der Waals surface area contributed by atoms with E-state index in [-0.39, 0.29) is 41.2 Å². The minimum atomic E-state index is -0.245. The van der Waals surface area contributed by atoms with Gasteiger partial charge in [-0.25, -0.2) is 0 Å². The number of nitrogens with zero attached hydrogens (tertiary/aromatic N) is 1. The Bertz CT molecular complexity index is 1040. The van der Waals surface area contributed by atoms with Crippen molar-refractivity contribution in [2.75, 3.05) is 26.1 Å². The molecule has 0 bridgehead atoms. The number of anilines is 1. The van der Waals surface area contributed by atoms with Crippen molar-refractivity contribution >= 4 is 51.9 Å². The van der Waals surface area contributed by atoms with Crippen LogP contribution in [0.15, 0.2) is 41.3 Å². The highest BCUT2D eigenvalue weighted by Gasteiger charge is 2.31. The number of nitrogens with one attached hydrogen (secondary N) is 1. The minimum Gasteiger partial charge on any atom is -0.508 e. The van der Waals surface area contributed by atoms with Crippen molar-refractivity contribution in [1.82, 2.24) is 4.90 Å². The molecule has 2 aromatic carbocycles. The second kappa shape index (κ2) is 10.4. The van der Waals surface area contributed by atoms with E-state index in [2.05, 4.69) is 5.32 Å². The molecule has 1 aliphatic rings. The van der Waals surface area contributed by atoms with E-state index in [0.29, 0.717) is 33.4 Å². The first-order chi connectivity index (χ1) is 15.3. The molecule has 1 saturated heterocycles. The molecule has 0 aromatic heterocycles. The number of aromatic hydroxyl groups is 2. The lowest BCUT2D eigenvalue weighted by molar-refractivity contribution is -0.122. The van der Waals surface area contributed by atoms with Gasteiger partial charge in [0.25, 0.3) is 5.91 Å². The van der Waals surface area contributed by atoms with Crippen LogP contribution in [0.5, 0.6) is 23.0 Å². The van der Waals surface area contributed by atoms with Crippen LogP contribution in [0.25, 0.3) is 6.08 Å². The highest BCUT2D eigenvalue weighted by molar-refractivity contribution is 8.26. The van der Waals surface area contributed by atoms with Crippen molar-refractivity contribution in [3.8, 4) is 23.0 Å². The highest BCUT2D eigenvalue weighted by Crippen LogP contribution is 2.39. The first kappa shape index (κ1) is 23.4. The number of rotatable bonds is 8. The van der Waals surface area contributed by atoms with Gasteiger partial charge in [0.05, 0.1) is 19.1 Å². The number of amides is 2. The van der Waals surface area contributed by atoms with Gasteiger partial charge in [-0.3, -0.25) is 14.5 Å². The molecule has 0 saturated carbocycles. The van der Waals surface area contributed by atoms with E-state index in [0.717, 1.165) is 0 Å². The van der Waals surface area contributed by atoms with Gasteiger partial charge in [-0.1, -0.05) is 24.0 Å². The quantitative estimate of drug-likeness (QED) is 0.302. The summed E-state index contributed by atoms with van der Waals surface area (Å²) in [5, 5.41) is 22.1. The zero-order chi connectivity index (χ0) is 23.3. The summed E-state index contributed by atoms with van der Waals surface area (Å²) < 4.78 is 10.7. The van der Waals surface area contributed by atoms with E-state index < -0.39 is 0 Å². The predicted molar refractivity (Wildman–Crippen MR) is 127 cm³/mol. The molecule has 0 aliphatic carbocycles. The summed E-state index contributed by atoms with van der Waals surface area (Å²) in [5.74, 6) is 0.0150. The molecule has 10 heteroatoms. The molecule has 8 nitrogen and oxygen atoms in total. The number of carbonyl (C=O) groups excluding carboxylic acids is 2. The van der Waals surface area contributed by atoms with Gasteiger partial charge in [0.15, 0.2) is 11.5 Å². The fourth-order valence-corrected chi connectivity index (χ4v) is 4.32. The number of thiocarbonyl (C=S) groups is 1. The van der Waals surface area contributed by atoms with Crippen LogP contribution >= 0.6 is 24.0 Å². The molecule has 1 aliphatic heterocycles. The number of methoxy groups -OCH3 is 2. The Balaban J connectivity index is 1.61. The molecular formula is C22H22N2O6S2. The van der Waals surface area contributed by atoms with Crippen LogP contribution in [-0.4, -0.2) is 52.0 Å². The van der Waals surface area contributed by atoms with Gasteiger partial charge in [-0.15, -0.1) is 0 Å². The highest BCUT2D eigenvalue weighted by atomic mass is 32.2. The van der Waals surface area contributed by atoms with Crippen molar-refractivity contribution < 1.29 is 29.3 Å². The summed E-state index contributed by atoms with van der Waals surface area (Å²) >= 11 is 6.51. The maximum Gasteiger partial charge on any atom is 0.266 e. The van der Waals surface area contributed by atoms with Crippen molar-refractivity contribution in [3.63, 3.8) is 0 Å². The van der Waals surface area contributed by atoms with Gasteiger partial charge >= 0.3 is 0 Å². The Morgan fingerprint density at radius 2 is 1.78 bits per heavy atom. The molecule has 32 heavy (non-hydrogen) atoms. The van der Waals surface area contributed by atoms with Crippen LogP contribution in [0.2, 0.25) is 0 Å². The third-order valence-corrected chi connectivity index (χ3v) is 5.99. The Hall–Kier alpha value is -3.24. The number of hydrogen-bond acceptors (Lipinski definition) is 8. The normalized spacial score (nSPS) is 14.7. The molecule has 0 unspecified atom stereocenters. The molecule has 3 rings (SSSR count). The Kier molecular flexibility index (Phi) is 7.60. The van der Waals surface area contributed by atoms with E-state index in [1.807, 2.05) is 0 Å². The average molecular weight is 475 g/mol. The van der Waals surface area contributed by atoms with E-state index in [9.17, 15) is 19.8 Å². The number of carbonyl (C=O) groups is 2. The number of hydrogen-bond donors (Lipinski definition) is 3. The standard InChI is InChI=1S/C22H22N2O6S2/c1-29-16-10-13(11-17(30-2)20(16)27)12-18-21(28)24(22(31)32-18)9-3-4-19(26)23-14-5-7-15(25)8-6-14/h5-8,10-12,25,27H,3-4,9H2,1-2H3,(H,23,26)/b18-12-. The van der Waals surface area contributed by atoms with Crippen LogP contribution in [0.3, 0.4) is 0 Å². The first-order valence-corrected chi connectivity index (χ1v) is 10.8. The van der Waals surface area contributed by atoms with Crippen molar-refractivity contribution in [3.05, 3.63) is 46.9 Å². The molecule has 0 radical (unpaired) electrons. The van der Waals surface area contributed by atoms with Crippen molar-refractivity contribution in [2.24, 2.45) is 0 Å². The lowest BCUT2D eigenvalue weighted by Crippen LogP contribution is -2.29. The average Bonchev–Trinajstić information content (AvgIpc) is 3.03. The van der Waals surface area contributed by atoms with E-state index in [4.69, 9.17) is 21.7 Å². The third-order valence-electron chi connectivity index (χ3n) is 4.61. The van der Waals surface area contributed by atoms with Gasteiger partial charge in [0.1, 0.15) is 10.1 Å². The lowest BCUT2D eigenvalue weighted by atomic mass is 10.1. The number of phenolic OH excluding ortho intramolecular Hbond substituents is 2. The Labute approximate surface area is 194 Å². The van der Waals surface area contributed by atoms with Gasteiger partial charge < -0.3 is 25.0 Å². The van der Waals surface area contributed by atoms with Crippen LogP contribution in [0.1, 0.15) is 18.4 Å². The smallest absolute Gasteiger partial charge is 0.266 e. The van der Waals surface area contributed by atoms with Gasteiger partial charge in [0.2, 0.25) is 11.7 Å². The molecule has 1 heterocycles. The van der Waals surface area contributed by atoms with Crippen molar-refractivity contribution in [2.45, 2.75) is 12.8 Å². The van der Waals surface area contributed by atoms with Gasteiger partial charge in [-0.05, 0) is 54.5 Å². The summed E-state index contributed by atoms with van der Waals surface area (Å²) in [7, 11) is 2.85. The minimum absolute atomic E-state index is 0.120. The first-order valence-electron chi connectivity index (χ1n) is 9.61. The zero-order valence-corrected chi connectivity index (χ0v) is 19.1. The predicted octanol–water partition coefficient (Wildman–Crippen LogP) is 3.74. The summed E-state index contributed by atoms with van der Waals surface area (Å²) in [6, 6.07) is 9.37. The Morgan fingerprint density at radius 1 is 1.16 bits per heavy atom. The molecule has 1 fully saturated rings. The maximum atomic E-state index is 12.8. The second-order valence-electron chi connectivity index (χ2n) is 6.81. The van der Waals surface area contributed by atoms with Crippen molar-refractivity contribution in [1.29, 1.82) is 0 Å². The fraction of sp³-hybridized carbons (Fsp3) is 0.227. The van der Waals surface area contributed by atoms with Gasteiger partial charge in [-0.2, -0.15) is 0 Å².